The Morgan fingerprint density at radius 3 is 3.17 bits per heavy atom. The zero-order chi connectivity index (χ0) is 8.81. The first-order chi connectivity index (χ1) is 5.86. The molecule has 0 aliphatic rings. The normalized spacial score (nSPS) is 11.3. The van der Waals surface area contributed by atoms with Gasteiger partial charge < -0.3 is 9.84 Å². The van der Waals surface area contributed by atoms with Crippen molar-refractivity contribution in [2.45, 2.75) is 6.54 Å². The average Bonchev–Trinajstić information content (AvgIpc) is 2.59. The van der Waals surface area contributed by atoms with E-state index in [0.717, 1.165) is 0 Å². The number of hydrogen-bond donors (Lipinski definition) is 3. The second kappa shape index (κ2) is 4.29. The van der Waals surface area contributed by atoms with E-state index in [0.29, 0.717) is 18.3 Å². The first-order valence-corrected chi connectivity index (χ1v) is 3.29. The van der Waals surface area contributed by atoms with Crippen LogP contribution in [0.4, 0.5) is 0 Å². The molecule has 66 valence electrons. The van der Waals surface area contributed by atoms with Crippen molar-refractivity contribution in [2.75, 3.05) is 7.05 Å². The van der Waals surface area contributed by atoms with Gasteiger partial charge in [0.2, 0.25) is 12.4 Å². The van der Waals surface area contributed by atoms with Gasteiger partial charge in [-0.1, -0.05) is 5.16 Å². The van der Waals surface area contributed by atoms with Crippen molar-refractivity contribution in [3.63, 3.8) is 0 Å². The van der Waals surface area contributed by atoms with E-state index in [9.17, 15) is 0 Å². The minimum atomic E-state index is 0.424. The SMILES string of the molecule is CN=C(NN)NCc1ncon1. The number of nitrogens with two attached hydrogens (primary N) is 1. The molecule has 0 spiro atoms. The molecule has 0 radical (unpaired) electrons. The van der Waals surface area contributed by atoms with E-state index in [1.165, 1.54) is 6.39 Å². The second-order valence-corrected chi connectivity index (χ2v) is 1.92. The molecule has 7 heteroatoms. The Balaban J connectivity index is 2.35. The third-order valence-corrected chi connectivity index (χ3v) is 1.18. The van der Waals surface area contributed by atoms with Gasteiger partial charge in [-0.15, -0.1) is 0 Å². The van der Waals surface area contributed by atoms with E-state index in [1.807, 2.05) is 0 Å². The van der Waals surface area contributed by atoms with E-state index in [2.05, 4.69) is 30.4 Å². The summed E-state index contributed by atoms with van der Waals surface area (Å²) in [6.45, 7) is 0.424. The minimum absolute atomic E-state index is 0.424. The predicted molar refractivity (Wildman–Crippen MR) is 41.8 cm³/mol. The monoisotopic (exact) mass is 170 g/mol. The molecule has 0 atom stereocenters. The second-order valence-electron chi connectivity index (χ2n) is 1.92. The van der Waals surface area contributed by atoms with Crippen LogP contribution in [-0.2, 0) is 6.54 Å². The third kappa shape index (κ3) is 2.20. The van der Waals surface area contributed by atoms with Crippen LogP contribution in [0.15, 0.2) is 15.9 Å². The van der Waals surface area contributed by atoms with Crippen molar-refractivity contribution < 1.29 is 4.52 Å². The van der Waals surface area contributed by atoms with Crippen LogP contribution < -0.4 is 16.6 Å². The molecule has 1 aromatic rings. The Hall–Kier alpha value is -1.63. The number of hydrogen-bond acceptors (Lipinski definition) is 5. The summed E-state index contributed by atoms with van der Waals surface area (Å²) in [5.41, 5.74) is 2.37. The molecule has 12 heavy (non-hydrogen) atoms. The molecule has 1 heterocycles. The fourth-order valence-corrected chi connectivity index (χ4v) is 0.628. The lowest BCUT2D eigenvalue weighted by molar-refractivity contribution is 0.409. The van der Waals surface area contributed by atoms with Gasteiger partial charge in [0.1, 0.15) is 0 Å². The van der Waals surface area contributed by atoms with Crippen LogP contribution >= 0.6 is 0 Å². The van der Waals surface area contributed by atoms with E-state index < -0.39 is 0 Å². The van der Waals surface area contributed by atoms with Crippen molar-refractivity contribution in [1.29, 1.82) is 0 Å². The fourth-order valence-electron chi connectivity index (χ4n) is 0.628. The van der Waals surface area contributed by atoms with Gasteiger partial charge in [0.05, 0.1) is 6.54 Å². The minimum Gasteiger partial charge on any atom is -0.348 e. The smallest absolute Gasteiger partial charge is 0.213 e. The van der Waals surface area contributed by atoms with Gasteiger partial charge in [0.25, 0.3) is 0 Å². The van der Waals surface area contributed by atoms with Gasteiger partial charge in [-0.3, -0.25) is 10.4 Å². The summed E-state index contributed by atoms with van der Waals surface area (Å²) < 4.78 is 4.52. The van der Waals surface area contributed by atoms with Crippen molar-refractivity contribution in [3.8, 4) is 0 Å². The van der Waals surface area contributed by atoms with Crippen LogP contribution in [0.3, 0.4) is 0 Å². The van der Waals surface area contributed by atoms with Crippen LogP contribution in [0.1, 0.15) is 5.82 Å². The molecule has 1 rings (SSSR count). The maximum Gasteiger partial charge on any atom is 0.213 e. The number of hydrazine groups is 1. The number of guanidine groups is 1. The lowest BCUT2D eigenvalue weighted by Crippen LogP contribution is -2.41. The summed E-state index contributed by atoms with van der Waals surface area (Å²) >= 11 is 0. The Morgan fingerprint density at radius 2 is 2.67 bits per heavy atom. The molecular weight excluding hydrogens is 160 g/mol. The van der Waals surface area contributed by atoms with Crippen LogP contribution in [0, 0.1) is 0 Å². The Kier molecular flexibility index (Phi) is 3.03. The average molecular weight is 170 g/mol. The third-order valence-electron chi connectivity index (χ3n) is 1.18. The summed E-state index contributed by atoms with van der Waals surface area (Å²) in [4.78, 5) is 7.58. The molecule has 0 aromatic carbocycles. The molecule has 4 N–H and O–H groups in total. The molecule has 0 fully saturated rings. The Morgan fingerprint density at radius 1 is 1.83 bits per heavy atom. The highest BCUT2D eigenvalue weighted by Gasteiger charge is 1.98. The number of aromatic nitrogens is 2. The number of aliphatic imine (C=N–C) groups is 1. The molecule has 0 aliphatic carbocycles. The summed E-state index contributed by atoms with van der Waals surface area (Å²) in [6, 6.07) is 0. The number of nitrogens with one attached hydrogen (secondary N) is 2. The van der Waals surface area contributed by atoms with Gasteiger partial charge in [0, 0.05) is 7.05 Å². The highest BCUT2D eigenvalue weighted by Crippen LogP contribution is 1.85. The van der Waals surface area contributed by atoms with Crippen LogP contribution in [0.25, 0.3) is 0 Å². The van der Waals surface area contributed by atoms with E-state index in [1.54, 1.807) is 7.05 Å². The standard InChI is InChI=1S/C5H10N6O/c1-7-5(10-6)8-2-4-9-3-12-11-4/h3H,2,6H2,1H3,(H2,7,8,10). The summed E-state index contributed by atoms with van der Waals surface area (Å²) in [5.74, 6) is 6.13. The van der Waals surface area contributed by atoms with Crippen LogP contribution in [0.2, 0.25) is 0 Å². The fraction of sp³-hybridized carbons (Fsp3) is 0.400. The van der Waals surface area contributed by atoms with Crippen molar-refractivity contribution >= 4 is 5.96 Å². The topological polar surface area (TPSA) is 101 Å². The Bertz CT molecular complexity index is 242. The molecule has 0 aliphatic heterocycles. The maximum atomic E-state index is 5.12. The molecule has 0 saturated heterocycles. The van der Waals surface area contributed by atoms with E-state index in [-0.39, 0.29) is 0 Å². The molecule has 0 amide bonds. The predicted octanol–water partition coefficient (Wildman–Crippen LogP) is -1.39. The zero-order valence-electron chi connectivity index (χ0n) is 6.61. The van der Waals surface area contributed by atoms with E-state index >= 15 is 0 Å². The molecular formula is C5H10N6O. The summed E-state index contributed by atoms with van der Waals surface area (Å²) in [5, 5.41) is 6.43. The first kappa shape index (κ1) is 8.47. The van der Waals surface area contributed by atoms with Crippen molar-refractivity contribution in [1.82, 2.24) is 20.9 Å². The molecule has 1 aromatic heterocycles. The summed E-state index contributed by atoms with van der Waals surface area (Å²) in [6.07, 6.45) is 1.26. The lowest BCUT2D eigenvalue weighted by Gasteiger charge is -2.04. The van der Waals surface area contributed by atoms with Crippen LogP contribution in [-0.4, -0.2) is 23.1 Å². The van der Waals surface area contributed by atoms with Crippen LogP contribution in [0.5, 0.6) is 0 Å². The largest absolute Gasteiger partial charge is 0.348 e. The summed E-state index contributed by atoms with van der Waals surface area (Å²) in [7, 11) is 1.61. The van der Waals surface area contributed by atoms with Gasteiger partial charge in [0.15, 0.2) is 5.82 Å². The Labute approximate surface area is 69.0 Å². The highest BCUT2D eigenvalue weighted by atomic mass is 16.5. The van der Waals surface area contributed by atoms with Gasteiger partial charge >= 0.3 is 0 Å². The zero-order valence-corrected chi connectivity index (χ0v) is 6.61. The first-order valence-electron chi connectivity index (χ1n) is 3.29. The molecule has 0 unspecified atom stereocenters. The molecule has 7 nitrogen and oxygen atoms in total. The highest BCUT2D eigenvalue weighted by molar-refractivity contribution is 5.78. The van der Waals surface area contributed by atoms with Gasteiger partial charge in [-0.2, -0.15) is 4.98 Å². The van der Waals surface area contributed by atoms with Crippen molar-refractivity contribution in [2.24, 2.45) is 10.8 Å². The van der Waals surface area contributed by atoms with Crippen molar-refractivity contribution in [3.05, 3.63) is 12.2 Å². The molecule has 0 bridgehead atoms. The quantitative estimate of drug-likeness (QED) is 0.218. The van der Waals surface area contributed by atoms with E-state index in [4.69, 9.17) is 5.84 Å². The maximum absolute atomic E-state index is 5.12. The number of nitrogens with zero attached hydrogens (tertiary/aromatic N) is 3. The lowest BCUT2D eigenvalue weighted by atomic mass is 10.6. The molecule has 0 saturated carbocycles. The van der Waals surface area contributed by atoms with Gasteiger partial charge in [-0.05, 0) is 0 Å². The number of rotatable bonds is 2. The van der Waals surface area contributed by atoms with Gasteiger partial charge in [-0.25, -0.2) is 5.84 Å².